The Balaban J connectivity index is 1.97. The minimum atomic E-state index is -0.264. The number of H-pyrrole nitrogens is 1. The summed E-state index contributed by atoms with van der Waals surface area (Å²) in [6.07, 6.45) is 1.69. The highest BCUT2D eigenvalue weighted by molar-refractivity contribution is 6.29. The van der Waals surface area contributed by atoms with Crippen LogP contribution in [0.2, 0.25) is 5.15 Å². The standard InChI is InChI=1S/C14H9ClFN3/c15-13-3-1-2-11(18-13)14-17-8-12(19-14)9-4-6-10(16)7-5-9/h1-8H,(H,17,19). The van der Waals surface area contributed by atoms with Crippen LogP contribution in [-0.4, -0.2) is 15.0 Å². The third-order valence-electron chi connectivity index (χ3n) is 2.69. The van der Waals surface area contributed by atoms with E-state index in [9.17, 15) is 4.39 Å². The lowest BCUT2D eigenvalue weighted by Crippen LogP contribution is -1.85. The maximum atomic E-state index is 12.9. The summed E-state index contributed by atoms with van der Waals surface area (Å²) in [6, 6.07) is 11.5. The Kier molecular flexibility index (Phi) is 3.01. The fraction of sp³-hybridized carbons (Fsp3) is 0. The van der Waals surface area contributed by atoms with Crippen LogP contribution in [0.15, 0.2) is 48.7 Å². The van der Waals surface area contributed by atoms with Gasteiger partial charge in [-0.1, -0.05) is 17.7 Å². The quantitative estimate of drug-likeness (QED) is 0.719. The van der Waals surface area contributed by atoms with Crippen molar-refractivity contribution in [2.75, 3.05) is 0 Å². The van der Waals surface area contributed by atoms with Crippen molar-refractivity contribution in [3.63, 3.8) is 0 Å². The van der Waals surface area contributed by atoms with Crippen LogP contribution in [-0.2, 0) is 0 Å². The number of aromatic amines is 1. The average Bonchev–Trinajstić information content (AvgIpc) is 2.89. The number of halogens is 2. The fourth-order valence-corrected chi connectivity index (χ4v) is 1.93. The monoisotopic (exact) mass is 273 g/mol. The minimum absolute atomic E-state index is 0.264. The van der Waals surface area contributed by atoms with Crippen LogP contribution >= 0.6 is 11.6 Å². The Morgan fingerprint density at radius 3 is 2.58 bits per heavy atom. The van der Waals surface area contributed by atoms with Crippen LogP contribution in [0, 0.1) is 5.82 Å². The van der Waals surface area contributed by atoms with E-state index < -0.39 is 0 Å². The molecule has 0 saturated heterocycles. The molecule has 2 heterocycles. The third kappa shape index (κ3) is 2.48. The van der Waals surface area contributed by atoms with Gasteiger partial charge in [-0.05, 0) is 42.0 Å². The van der Waals surface area contributed by atoms with Crippen molar-refractivity contribution in [2.45, 2.75) is 0 Å². The summed E-state index contributed by atoms with van der Waals surface area (Å²) in [5, 5.41) is 0.414. The second-order valence-electron chi connectivity index (χ2n) is 4.00. The van der Waals surface area contributed by atoms with Crippen LogP contribution in [0.5, 0.6) is 0 Å². The van der Waals surface area contributed by atoms with Gasteiger partial charge in [-0.15, -0.1) is 0 Å². The molecule has 0 atom stereocenters. The SMILES string of the molecule is Fc1ccc(-c2cnc(-c3cccc(Cl)n3)[nH]2)cc1. The first kappa shape index (κ1) is 11.9. The number of hydrogen-bond donors (Lipinski definition) is 1. The lowest BCUT2D eigenvalue weighted by molar-refractivity contribution is 0.628. The average molecular weight is 274 g/mol. The zero-order chi connectivity index (χ0) is 13.2. The van der Waals surface area contributed by atoms with Gasteiger partial charge in [0.1, 0.15) is 16.7 Å². The van der Waals surface area contributed by atoms with Gasteiger partial charge in [0, 0.05) is 0 Å². The second-order valence-corrected chi connectivity index (χ2v) is 4.39. The molecule has 0 bridgehead atoms. The normalized spacial score (nSPS) is 10.6. The molecule has 0 aliphatic carbocycles. The van der Waals surface area contributed by atoms with E-state index in [1.807, 2.05) is 12.1 Å². The Bertz CT molecular complexity index is 707. The molecule has 1 N–H and O–H groups in total. The molecule has 0 amide bonds. The molecule has 0 aliphatic heterocycles. The predicted octanol–water partition coefficient (Wildman–Crippen LogP) is 3.93. The zero-order valence-electron chi connectivity index (χ0n) is 9.77. The first-order valence-electron chi connectivity index (χ1n) is 5.66. The Morgan fingerprint density at radius 2 is 1.84 bits per heavy atom. The number of pyridine rings is 1. The van der Waals surface area contributed by atoms with Crippen molar-refractivity contribution in [3.05, 3.63) is 59.6 Å². The van der Waals surface area contributed by atoms with Gasteiger partial charge in [0.05, 0.1) is 11.9 Å². The number of rotatable bonds is 2. The molecule has 5 heteroatoms. The summed E-state index contributed by atoms with van der Waals surface area (Å²) in [6.45, 7) is 0. The molecule has 0 saturated carbocycles. The highest BCUT2D eigenvalue weighted by Gasteiger charge is 2.07. The van der Waals surface area contributed by atoms with E-state index in [1.165, 1.54) is 12.1 Å². The van der Waals surface area contributed by atoms with Crippen LogP contribution in [0.1, 0.15) is 0 Å². The van der Waals surface area contributed by atoms with Gasteiger partial charge in [0.25, 0.3) is 0 Å². The molecule has 0 unspecified atom stereocenters. The number of benzene rings is 1. The summed E-state index contributed by atoms with van der Waals surface area (Å²) < 4.78 is 12.9. The van der Waals surface area contributed by atoms with Crippen molar-refractivity contribution in [1.29, 1.82) is 0 Å². The molecule has 0 radical (unpaired) electrons. The largest absolute Gasteiger partial charge is 0.337 e. The van der Waals surface area contributed by atoms with E-state index in [0.29, 0.717) is 16.7 Å². The van der Waals surface area contributed by atoms with Crippen molar-refractivity contribution < 1.29 is 4.39 Å². The van der Waals surface area contributed by atoms with Crippen molar-refractivity contribution in [2.24, 2.45) is 0 Å². The number of hydrogen-bond acceptors (Lipinski definition) is 2. The van der Waals surface area contributed by atoms with Crippen LogP contribution in [0.4, 0.5) is 4.39 Å². The lowest BCUT2D eigenvalue weighted by atomic mass is 10.2. The molecule has 94 valence electrons. The van der Waals surface area contributed by atoms with E-state index in [1.54, 1.807) is 24.4 Å². The zero-order valence-corrected chi connectivity index (χ0v) is 10.5. The van der Waals surface area contributed by atoms with E-state index in [0.717, 1.165) is 11.3 Å². The van der Waals surface area contributed by atoms with Crippen molar-refractivity contribution >= 4 is 11.6 Å². The molecule has 2 aromatic heterocycles. The lowest BCUT2D eigenvalue weighted by Gasteiger charge is -1.98. The summed E-state index contributed by atoms with van der Waals surface area (Å²) >= 11 is 5.84. The van der Waals surface area contributed by atoms with Crippen LogP contribution in [0.25, 0.3) is 22.8 Å². The predicted molar refractivity (Wildman–Crippen MR) is 72.2 cm³/mol. The van der Waals surface area contributed by atoms with Crippen molar-refractivity contribution in [1.82, 2.24) is 15.0 Å². The topological polar surface area (TPSA) is 41.6 Å². The number of imidazole rings is 1. The summed E-state index contributed by atoms with van der Waals surface area (Å²) in [4.78, 5) is 11.6. The molecule has 19 heavy (non-hydrogen) atoms. The number of aromatic nitrogens is 3. The van der Waals surface area contributed by atoms with Crippen LogP contribution < -0.4 is 0 Å². The maximum Gasteiger partial charge on any atom is 0.156 e. The van der Waals surface area contributed by atoms with E-state index in [-0.39, 0.29) is 5.82 Å². The molecule has 3 rings (SSSR count). The summed E-state index contributed by atoms with van der Waals surface area (Å²) in [5.74, 6) is 0.363. The molecule has 0 aliphatic rings. The Labute approximate surface area is 114 Å². The number of nitrogens with one attached hydrogen (secondary N) is 1. The second kappa shape index (κ2) is 4.82. The fourth-order valence-electron chi connectivity index (χ4n) is 1.77. The highest BCUT2D eigenvalue weighted by atomic mass is 35.5. The maximum absolute atomic E-state index is 12.9. The highest BCUT2D eigenvalue weighted by Crippen LogP contribution is 2.22. The molecular weight excluding hydrogens is 265 g/mol. The molecule has 1 aromatic carbocycles. The smallest absolute Gasteiger partial charge is 0.156 e. The van der Waals surface area contributed by atoms with Gasteiger partial charge in [-0.2, -0.15) is 0 Å². The third-order valence-corrected chi connectivity index (χ3v) is 2.90. The van der Waals surface area contributed by atoms with Gasteiger partial charge in [-0.25, -0.2) is 14.4 Å². The van der Waals surface area contributed by atoms with Gasteiger partial charge in [0.2, 0.25) is 0 Å². The Hall–Kier alpha value is -2.20. The molecular formula is C14H9ClFN3. The van der Waals surface area contributed by atoms with E-state index in [2.05, 4.69) is 15.0 Å². The Morgan fingerprint density at radius 1 is 1.05 bits per heavy atom. The van der Waals surface area contributed by atoms with Gasteiger partial charge < -0.3 is 4.98 Å². The van der Waals surface area contributed by atoms with Gasteiger partial charge >= 0.3 is 0 Å². The van der Waals surface area contributed by atoms with Gasteiger partial charge in [-0.3, -0.25) is 0 Å². The molecule has 0 fully saturated rings. The van der Waals surface area contributed by atoms with Crippen LogP contribution in [0.3, 0.4) is 0 Å². The summed E-state index contributed by atoms with van der Waals surface area (Å²) in [7, 11) is 0. The minimum Gasteiger partial charge on any atom is -0.337 e. The molecule has 3 nitrogen and oxygen atoms in total. The number of nitrogens with zero attached hydrogens (tertiary/aromatic N) is 2. The first-order valence-corrected chi connectivity index (χ1v) is 6.04. The van der Waals surface area contributed by atoms with Crippen molar-refractivity contribution in [3.8, 4) is 22.8 Å². The van der Waals surface area contributed by atoms with Gasteiger partial charge in [0.15, 0.2) is 5.82 Å². The summed E-state index contributed by atoms with van der Waals surface area (Å²) in [5.41, 5.74) is 2.33. The van der Waals surface area contributed by atoms with E-state index >= 15 is 0 Å². The van der Waals surface area contributed by atoms with E-state index in [4.69, 9.17) is 11.6 Å². The molecule has 0 spiro atoms. The molecule has 3 aromatic rings. The first-order chi connectivity index (χ1) is 9.22.